The summed E-state index contributed by atoms with van der Waals surface area (Å²) in [6.45, 7) is 6.07. The molecule has 1 heterocycles. The zero-order chi connectivity index (χ0) is 17.2. The maximum absolute atomic E-state index is 13.1. The number of benzene rings is 1. The number of hydrogen-bond donors (Lipinski definition) is 0. The highest BCUT2D eigenvalue weighted by atomic mass is 16.5. The Hall–Kier alpha value is -2.23. The molecular weight excluding hydrogens is 302 g/mol. The SMILES string of the molecule is CC12CCC(C(=O)Oc3cccc4cccnc34)(CC1=O)C2(C)C. The number of carbonyl (C=O) groups excluding carboxylic acids is 2. The molecule has 2 aromatic rings. The van der Waals surface area contributed by atoms with Gasteiger partial charge in [-0.3, -0.25) is 14.6 Å². The number of hydrogen-bond acceptors (Lipinski definition) is 4. The fourth-order valence-corrected chi connectivity index (χ4v) is 4.67. The third-order valence-corrected chi connectivity index (χ3v) is 6.89. The standard InChI is InChI=1S/C20H21NO3/c1-18(2)19(3)9-10-20(18,12-15(19)22)17(23)24-14-8-4-6-13-7-5-11-21-16(13)14/h4-8,11H,9-10,12H2,1-3H3. The Bertz CT molecular complexity index is 867. The minimum Gasteiger partial charge on any atom is -0.424 e. The summed E-state index contributed by atoms with van der Waals surface area (Å²) in [5.41, 5.74) is -0.877. The third kappa shape index (κ3) is 1.66. The van der Waals surface area contributed by atoms with Crippen LogP contribution in [-0.2, 0) is 9.59 Å². The van der Waals surface area contributed by atoms with Gasteiger partial charge in [-0.05, 0) is 30.4 Å². The molecule has 124 valence electrons. The molecule has 4 heteroatoms. The van der Waals surface area contributed by atoms with Crippen molar-refractivity contribution in [2.45, 2.75) is 40.0 Å². The normalized spacial score (nSPS) is 30.7. The molecule has 1 aromatic heterocycles. The molecule has 2 saturated carbocycles. The van der Waals surface area contributed by atoms with Gasteiger partial charge in [0.05, 0.1) is 5.41 Å². The number of Topliss-reactive ketones (excluding diaryl/α,β-unsaturated/α-hetero) is 1. The van der Waals surface area contributed by atoms with E-state index in [1.165, 1.54) is 0 Å². The van der Waals surface area contributed by atoms with E-state index in [2.05, 4.69) is 4.98 Å². The summed E-state index contributed by atoms with van der Waals surface area (Å²) in [4.78, 5) is 30.0. The predicted octanol–water partition coefficient (Wildman–Crippen LogP) is 3.93. The van der Waals surface area contributed by atoms with Crippen LogP contribution in [0.2, 0.25) is 0 Å². The highest BCUT2D eigenvalue weighted by Crippen LogP contribution is 2.70. The van der Waals surface area contributed by atoms with Crippen molar-refractivity contribution in [3.8, 4) is 5.75 Å². The van der Waals surface area contributed by atoms with Crippen molar-refractivity contribution in [1.29, 1.82) is 0 Å². The highest BCUT2D eigenvalue weighted by Gasteiger charge is 2.73. The summed E-state index contributed by atoms with van der Waals surface area (Å²) in [5.74, 6) is 0.364. The topological polar surface area (TPSA) is 56.3 Å². The van der Waals surface area contributed by atoms with Gasteiger partial charge < -0.3 is 4.74 Å². The number of ether oxygens (including phenoxy) is 1. The molecule has 24 heavy (non-hydrogen) atoms. The van der Waals surface area contributed by atoms with Crippen molar-refractivity contribution < 1.29 is 14.3 Å². The second-order valence-electron chi connectivity index (χ2n) is 7.86. The molecule has 0 spiro atoms. The number of ketones is 1. The van der Waals surface area contributed by atoms with E-state index in [9.17, 15) is 9.59 Å². The van der Waals surface area contributed by atoms with Crippen LogP contribution in [-0.4, -0.2) is 16.7 Å². The zero-order valence-corrected chi connectivity index (χ0v) is 14.3. The number of nitrogens with zero attached hydrogens (tertiary/aromatic N) is 1. The molecule has 0 aliphatic heterocycles. The summed E-state index contributed by atoms with van der Waals surface area (Å²) < 4.78 is 5.81. The molecule has 2 bridgehead atoms. The lowest BCUT2D eigenvalue weighted by Crippen LogP contribution is -2.42. The second-order valence-corrected chi connectivity index (χ2v) is 7.86. The van der Waals surface area contributed by atoms with Crippen molar-refractivity contribution in [1.82, 2.24) is 4.98 Å². The van der Waals surface area contributed by atoms with E-state index in [1.54, 1.807) is 12.3 Å². The summed E-state index contributed by atoms with van der Waals surface area (Å²) in [6.07, 6.45) is 3.43. The molecule has 2 unspecified atom stereocenters. The number of carbonyl (C=O) groups is 2. The average Bonchev–Trinajstić information content (AvgIpc) is 2.85. The first-order valence-electron chi connectivity index (χ1n) is 8.41. The van der Waals surface area contributed by atoms with Crippen LogP contribution in [0.15, 0.2) is 36.5 Å². The van der Waals surface area contributed by atoms with Crippen molar-refractivity contribution in [2.24, 2.45) is 16.2 Å². The van der Waals surface area contributed by atoms with Gasteiger partial charge in [-0.1, -0.05) is 39.0 Å². The lowest BCUT2D eigenvalue weighted by atomic mass is 9.65. The Balaban J connectivity index is 1.74. The lowest BCUT2D eigenvalue weighted by Gasteiger charge is -2.37. The average molecular weight is 323 g/mol. The van der Waals surface area contributed by atoms with Crippen molar-refractivity contribution in [3.05, 3.63) is 36.5 Å². The first kappa shape index (κ1) is 15.3. The Labute approximate surface area is 141 Å². The smallest absolute Gasteiger partial charge is 0.318 e. The maximum Gasteiger partial charge on any atom is 0.318 e. The quantitative estimate of drug-likeness (QED) is 0.621. The van der Waals surface area contributed by atoms with Crippen LogP contribution in [0, 0.1) is 16.2 Å². The largest absolute Gasteiger partial charge is 0.424 e. The van der Waals surface area contributed by atoms with Crippen LogP contribution in [0.3, 0.4) is 0 Å². The Kier molecular flexibility index (Phi) is 2.97. The molecule has 2 aliphatic rings. The summed E-state index contributed by atoms with van der Waals surface area (Å²) in [5, 5.41) is 0.929. The van der Waals surface area contributed by atoms with Crippen LogP contribution in [0.1, 0.15) is 40.0 Å². The highest BCUT2D eigenvalue weighted by molar-refractivity contribution is 5.99. The molecule has 2 atom stereocenters. The molecule has 1 aromatic carbocycles. The monoisotopic (exact) mass is 323 g/mol. The first-order chi connectivity index (χ1) is 11.3. The van der Waals surface area contributed by atoms with E-state index in [0.29, 0.717) is 17.7 Å². The summed E-state index contributed by atoms with van der Waals surface area (Å²) in [6, 6.07) is 9.35. The molecule has 4 rings (SSSR count). The van der Waals surface area contributed by atoms with Gasteiger partial charge in [0.1, 0.15) is 11.3 Å². The van der Waals surface area contributed by atoms with Crippen LogP contribution in [0.4, 0.5) is 0 Å². The van der Waals surface area contributed by atoms with Crippen LogP contribution in [0.25, 0.3) is 10.9 Å². The third-order valence-electron chi connectivity index (χ3n) is 6.89. The second kappa shape index (κ2) is 4.65. The molecule has 0 N–H and O–H groups in total. The van der Waals surface area contributed by atoms with E-state index in [0.717, 1.165) is 11.8 Å². The van der Waals surface area contributed by atoms with E-state index in [1.807, 2.05) is 45.0 Å². The number of rotatable bonds is 2. The molecule has 4 nitrogen and oxygen atoms in total. The number of aromatic nitrogens is 1. The van der Waals surface area contributed by atoms with Gasteiger partial charge in [-0.25, -0.2) is 0 Å². The van der Waals surface area contributed by atoms with Crippen molar-refractivity contribution >= 4 is 22.7 Å². The lowest BCUT2D eigenvalue weighted by molar-refractivity contribution is -0.151. The van der Waals surface area contributed by atoms with Gasteiger partial charge in [0.25, 0.3) is 0 Å². The summed E-state index contributed by atoms with van der Waals surface area (Å²) >= 11 is 0. The maximum atomic E-state index is 13.1. The van der Waals surface area contributed by atoms with Gasteiger partial charge in [-0.15, -0.1) is 0 Å². The molecule has 2 aliphatic carbocycles. The minimum absolute atomic E-state index is 0.187. The van der Waals surface area contributed by atoms with E-state index in [-0.39, 0.29) is 18.2 Å². The number of esters is 1. The van der Waals surface area contributed by atoms with E-state index >= 15 is 0 Å². The Morgan fingerprint density at radius 2 is 1.88 bits per heavy atom. The molecule has 0 radical (unpaired) electrons. The van der Waals surface area contributed by atoms with Crippen LogP contribution >= 0.6 is 0 Å². The van der Waals surface area contributed by atoms with E-state index < -0.39 is 16.2 Å². The minimum atomic E-state index is -0.726. The van der Waals surface area contributed by atoms with Crippen molar-refractivity contribution in [3.63, 3.8) is 0 Å². The number of para-hydroxylation sites is 1. The molecule has 2 fully saturated rings. The van der Waals surface area contributed by atoms with Gasteiger partial charge in [0, 0.05) is 23.4 Å². The van der Waals surface area contributed by atoms with Gasteiger partial charge >= 0.3 is 5.97 Å². The predicted molar refractivity (Wildman–Crippen MR) is 90.6 cm³/mol. The Morgan fingerprint density at radius 1 is 1.12 bits per heavy atom. The number of pyridine rings is 1. The van der Waals surface area contributed by atoms with E-state index in [4.69, 9.17) is 4.74 Å². The Morgan fingerprint density at radius 3 is 2.54 bits per heavy atom. The van der Waals surface area contributed by atoms with Gasteiger partial charge in [0.2, 0.25) is 0 Å². The zero-order valence-electron chi connectivity index (χ0n) is 14.3. The fraction of sp³-hybridized carbons (Fsp3) is 0.450. The first-order valence-corrected chi connectivity index (χ1v) is 8.41. The molecule has 0 saturated heterocycles. The van der Waals surface area contributed by atoms with Gasteiger partial charge in [-0.2, -0.15) is 0 Å². The van der Waals surface area contributed by atoms with Crippen LogP contribution in [0.5, 0.6) is 5.75 Å². The van der Waals surface area contributed by atoms with Gasteiger partial charge in [0.15, 0.2) is 5.75 Å². The van der Waals surface area contributed by atoms with Crippen LogP contribution < -0.4 is 4.74 Å². The van der Waals surface area contributed by atoms with Crippen molar-refractivity contribution in [2.75, 3.05) is 0 Å². The summed E-state index contributed by atoms with van der Waals surface area (Å²) in [7, 11) is 0. The molecule has 0 amide bonds. The number of fused-ring (bicyclic) bond motifs is 3. The fourth-order valence-electron chi connectivity index (χ4n) is 4.67. The molecular formula is C20H21NO3.